The van der Waals surface area contributed by atoms with Crippen LogP contribution in [0.4, 0.5) is 0 Å². The summed E-state index contributed by atoms with van der Waals surface area (Å²) in [5.41, 5.74) is 0. The lowest BCUT2D eigenvalue weighted by molar-refractivity contribution is 0.0739. The van der Waals surface area contributed by atoms with Crippen LogP contribution in [0.15, 0.2) is 5.10 Å². The highest BCUT2D eigenvalue weighted by atomic mass is 16.3. The standard InChI is InChI=1S/C10H20N2O/c1-12(2)11-8-7-9-5-3-4-6-10(9)13/h8-10,13H,3-7H2,1-2H3/b11-8+/t9-,10+/m1/s1. The molecular formula is C10H20N2O. The molecule has 0 heterocycles. The van der Waals surface area contributed by atoms with Crippen molar-refractivity contribution in [2.75, 3.05) is 14.1 Å². The number of rotatable bonds is 3. The van der Waals surface area contributed by atoms with E-state index >= 15 is 0 Å². The van der Waals surface area contributed by atoms with E-state index in [-0.39, 0.29) is 6.10 Å². The van der Waals surface area contributed by atoms with Crippen molar-refractivity contribution in [1.82, 2.24) is 5.01 Å². The Morgan fingerprint density at radius 1 is 1.38 bits per heavy atom. The summed E-state index contributed by atoms with van der Waals surface area (Å²) in [6.07, 6.45) is 7.31. The zero-order chi connectivity index (χ0) is 9.68. The van der Waals surface area contributed by atoms with Gasteiger partial charge in [-0.1, -0.05) is 12.8 Å². The summed E-state index contributed by atoms with van der Waals surface area (Å²) in [5, 5.41) is 15.6. The van der Waals surface area contributed by atoms with Crippen LogP contribution in [0.25, 0.3) is 0 Å². The molecule has 0 bridgehead atoms. The van der Waals surface area contributed by atoms with Crippen LogP contribution in [0.5, 0.6) is 0 Å². The first kappa shape index (κ1) is 10.5. The van der Waals surface area contributed by atoms with Gasteiger partial charge in [0.25, 0.3) is 0 Å². The molecule has 0 saturated heterocycles. The Morgan fingerprint density at radius 2 is 2.08 bits per heavy atom. The van der Waals surface area contributed by atoms with Gasteiger partial charge in [-0.15, -0.1) is 0 Å². The summed E-state index contributed by atoms with van der Waals surface area (Å²) in [6.45, 7) is 0. The SMILES string of the molecule is CN(C)/N=C/C[C@H]1CCCC[C@@H]1O. The van der Waals surface area contributed by atoms with Gasteiger partial charge >= 0.3 is 0 Å². The van der Waals surface area contributed by atoms with Crippen molar-refractivity contribution in [3.05, 3.63) is 0 Å². The molecular weight excluding hydrogens is 164 g/mol. The highest BCUT2D eigenvalue weighted by Gasteiger charge is 2.21. The lowest BCUT2D eigenvalue weighted by Crippen LogP contribution is -2.24. The van der Waals surface area contributed by atoms with Crippen LogP contribution in [0.3, 0.4) is 0 Å². The molecule has 0 spiro atoms. The summed E-state index contributed by atoms with van der Waals surface area (Å²) in [4.78, 5) is 0. The monoisotopic (exact) mass is 184 g/mol. The van der Waals surface area contributed by atoms with Crippen LogP contribution in [0.1, 0.15) is 32.1 Å². The van der Waals surface area contributed by atoms with Crippen LogP contribution in [0, 0.1) is 5.92 Å². The second-order valence-corrected chi connectivity index (χ2v) is 3.99. The number of hydrogen-bond donors (Lipinski definition) is 1. The van der Waals surface area contributed by atoms with Gasteiger partial charge in [0, 0.05) is 20.3 Å². The Balaban J connectivity index is 2.26. The first-order valence-corrected chi connectivity index (χ1v) is 5.08. The van der Waals surface area contributed by atoms with Crippen molar-refractivity contribution in [2.45, 2.75) is 38.2 Å². The largest absolute Gasteiger partial charge is 0.393 e. The first-order chi connectivity index (χ1) is 6.20. The third-order valence-electron chi connectivity index (χ3n) is 2.59. The molecule has 0 unspecified atom stereocenters. The molecule has 3 nitrogen and oxygen atoms in total. The van der Waals surface area contributed by atoms with E-state index in [0.717, 1.165) is 19.3 Å². The topological polar surface area (TPSA) is 35.8 Å². The van der Waals surface area contributed by atoms with Gasteiger partial charge in [0.2, 0.25) is 0 Å². The van der Waals surface area contributed by atoms with Crippen molar-refractivity contribution in [2.24, 2.45) is 11.0 Å². The lowest BCUT2D eigenvalue weighted by atomic mass is 9.85. The summed E-state index contributed by atoms with van der Waals surface area (Å²) >= 11 is 0. The molecule has 1 rings (SSSR count). The van der Waals surface area contributed by atoms with E-state index in [4.69, 9.17) is 0 Å². The first-order valence-electron chi connectivity index (χ1n) is 5.08. The van der Waals surface area contributed by atoms with Crippen LogP contribution in [-0.4, -0.2) is 36.5 Å². The fraction of sp³-hybridized carbons (Fsp3) is 0.900. The van der Waals surface area contributed by atoms with Crippen LogP contribution in [-0.2, 0) is 0 Å². The molecule has 1 aliphatic rings. The molecule has 0 aromatic heterocycles. The fourth-order valence-corrected chi connectivity index (χ4v) is 1.81. The van der Waals surface area contributed by atoms with Gasteiger partial charge in [-0.3, -0.25) is 0 Å². The van der Waals surface area contributed by atoms with E-state index < -0.39 is 0 Å². The Hall–Kier alpha value is -0.570. The predicted octanol–water partition coefficient (Wildman–Crippen LogP) is 1.47. The zero-order valence-electron chi connectivity index (χ0n) is 8.61. The Morgan fingerprint density at radius 3 is 2.69 bits per heavy atom. The summed E-state index contributed by atoms with van der Waals surface area (Å²) in [5.74, 6) is 0.442. The number of aliphatic hydroxyl groups is 1. The average Bonchev–Trinajstić information content (AvgIpc) is 2.08. The quantitative estimate of drug-likeness (QED) is 0.532. The van der Waals surface area contributed by atoms with E-state index in [9.17, 15) is 5.11 Å². The molecule has 76 valence electrons. The molecule has 1 N–H and O–H groups in total. The maximum Gasteiger partial charge on any atom is 0.0571 e. The third-order valence-corrected chi connectivity index (χ3v) is 2.59. The molecule has 0 radical (unpaired) electrons. The van der Waals surface area contributed by atoms with Gasteiger partial charge in [-0.05, 0) is 25.2 Å². The maximum absolute atomic E-state index is 9.66. The molecule has 0 aromatic rings. The minimum absolute atomic E-state index is 0.0950. The van der Waals surface area contributed by atoms with Crippen molar-refractivity contribution in [1.29, 1.82) is 0 Å². The fourth-order valence-electron chi connectivity index (χ4n) is 1.81. The Kier molecular flexibility index (Phi) is 4.22. The van der Waals surface area contributed by atoms with E-state index in [1.54, 1.807) is 5.01 Å². The van der Waals surface area contributed by atoms with Gasteiger partial charge in [0.1, 0.15) is 0 Å². The maximum atomic E-state index is 9.66. The van der Waals surface area contributed by atoms with Crippen molar-refractivity contribution >= 4 is 6.21 Å². The van der Waals surface area contributed by atoms with Gasteiger partial charge in [0.05, 0.1) is 6.10 Å². The van der Waals surface area contributed by atoms with E-state index in [1.807, 2.05) is 20.3 Å². The summed E-state index contributed by atoms with van der Waals surface area (Å²) < 4.78 is 0. The van der Waals surface area contributed by atoms with Crippen LogP contribution >= 0.6 is 0 Å². The van der Waals surface area contributed by atoms with E-state index in [1.165, 1.54) is 12.8 Å². The number of hydrogen-bond acceptors (Lipinski definition) is 3. The summed E-state index contributed by atoms with van der Waals surface area (Å²) in [6, 6.07) is 0. The molecule has 1 saturated carbocycles. The molecule has 3 heteroatoms. The van der Waals surface area contributed by atoms with Crippen LogP contribution in [0.2, 0.25) is 0 Å². The number of aliphatic hydroxyl groups excluding tert-OH is 1. The molecule has 13 heavy (non-hydrogen) atoms. The van der Waals surface area contributed by atoms with E-state index in [0.29, 0.717) is 5.92 Å². The Labute approximate surface area is 80.4 Å². The second kappa shape index (κ2) is 5.22. The summed E-state index contributed by atoms with van der Waals surface area (Å²) in [7, 11) is 3.82. The lowest BCUT2D eigenvalue weighted by Gasteiger charge is -2.26. The number of hydrazone groups is 1. The second-order valence-electron chi connectivity index (χ2n) is 3.99. The van der Waals surface area contributed by atoms with Crippen LogP contribution < -0.4 is 0 Å². The third kappa shape index (κ3) is 3.77. The smallest absolute Gasteiger partial charge is 0.0571 e. The van der Waals surface area contributed by atoms with Crippen molar-refractivity contribution in [3.63, 3.8) is 0 Å². The highest BCUT2D eigenvalue weighted by molar-refractivity contribution is 5.57. The number of nitrogens with zero attached hydrogens (tertiary/aromatic N) is 2. The van der Waals surface area contributed by atoms with Crippen molar-refractivity contribution < 1.29 is 5.11 Å². The van der Waals surface area contributed by atoms with Gasteiger partial charge in [0.15, 0.2) is 0 Å². The minimum Gasteiger partial charge on any atom is -0.393 e. The van der Waals surface area contributed by atoms with Gasteiger partial charge in [-0.25, -0.2) is 0 Å². The molecule has 1 fully saturated rings. The normalized spacial score (nSPS) is 29.5. The average molecular weight is 184 g/mol. The predicted molar refractivity (Wildman–Crippen MR) is 54.8 cm³/mol. The van der Waals surface area contributed by atoms with Gasteiger partial charge < -0.3 is 10.1 Å². The minimum atomic E-state index is -0.0950. The molecule has 0 amide bonds. The van der Waals surface area contributed by atoms with Crippen molar-refractivity contribution in [3.8, 4) is 0 Å². The van der Waals surface area contributed by atoms with Gasteiger partial charge in [-0.2, -0.15) is 5.10 Å². The Bertz CT molecular complexity index is 168. The van der Waals surface area contributed by atoms with E-state index in [2.05, 4.69) is 5.10 Å². The molecule has 0 aliphatic heterocycles. The molecule has 0 aromatic carbocycles. The zero-order valence-corrected chi connectivity index (χ0v) is 8.61. The highest BCUT2D eigenvalue weighted by Crippen LogP contribution is 2.26. The molecule has 2 atom stereocenters. The molecule has 1 aliphatic carbocycles.